The Kier molecular flexibility index (Phi) is 3.07. The molecule has 0 unspecified atom stereocenters. The van der Waals surface area contributed by atoms with Crippen LogP contribution >= 0.6 is 0 Å². The summed E-state index contributed by atoms with van der Waals surface area (Å²) in [6.07, 6.45) is 3.73. The van der Waals surface area contributed by atoms with Crippen molar-refractivity contribution in [3.63, 3.8) is 0 Å². The van der Waals surface area contributed by atoms with E-state index in [1.54, 1.807) is 0 Å². The van der Waals surface area contributed by atoms with Gasteiger partial charge in [-0.2, -0.15) is 4.98 Å². The summed E-state index contributed by atoms with van der Waals surface area (Å²) in [5, 5.41) is 3.44. The molecule has 0 amide bonds. The van der Waals surface area contributed by atoms with Crippen molar-refractivity contribution in [3.8, 4) is 0 Å². The van der Waals surface area contributed by atoms with Gasteiger partial charge in [0, 0.05) is 37.4 Å². The number of piperazine rings is 1. The number of hydrogen-bond donors (Lipinski definition) is 2. The summed E-state index contributed by atoms with van der Waals surface area (Å²) in [5.74, 6) is 2.23. The zero-order valence-corrected chi connectivity index (χ0v) is 10.9. The van der Waals surface area contributed by atoms with E-state index < -0.39 is 0 Å². The topological polar surface area (TPSA) is 67.1 Å². The molecule has 5 heteroatoms. The standard InChI is InChI=1S/C13H21N5/c1-9-8-18(5-4-15-9)12-7-11(6-10-2-3-10)16-13(14)17-12/h7,9-10,15H,2-6,8H2,1H3,(H2,14,16,17)/t9-/m1/s1. The summed E-state index contributed by atoms with van der Waals surface area (Å²) in [5.41, 5.74) is 6.94. The molecule has 2 fully saturated rings. The van der Waals surface area contributed by atoms with Crippen LogP contribution in [0, 0.1) is 5.92 Å². The van der Waals surface area contributed by atoms with Crippen molar-refractivity contribution < 1.29 is 0 Å². The second-order valence-electron chi connectivity index (χ2n) is 5.52. The Morgan fingerprint density at radius 3 is 3.00 bits per heavy atom. The minimum absolute atomic E-state index is 0.411. The predicted octanol–water partition coefficient (Wildman–Crippen LogP) is 0.809. The van der Waals surface area contributed by atoms with Gasteiger partial charge in [-0.05, 0) is 32.1 Å². The van der Waals surface area contributed by atoms with Crippen LogP contribution in [0.3, 0.4) is 0 Å². The van der Waals surface area contributed by atoms with Gasteiger partial charge in [-0.25, -0.2) is 4.98 Å². The number of nitrogen functional groups attached to an aromatic ring is 1. The molecule has 3 N–H and O–H groups in total. The molecule has 1 saturated heterocycles. The normalized spacial score (nSPS) is 24.3. The smallest absolute Gasteiger partial charge is 0.222 e. The van der Waals surface area contributed by atoms with Gasteiger partial charge >= 0.3 is 0 Å². The molecule has 0 spiro atoms. The first-order valence-electron chi connectivity index (χ1n) is 6.82. The molecule has 1 aromatic rings. The van der Waals surface area contributed by atoms with Crippen molar-refractivity contribution in [2.45, 2.75) is 32.2 Å². The van der Waals surface area contributed by atoms with Crippen LogP contribution in [-0.4, -0.2) is 35.6 Å². The summed E-state index contributed by atoms with van der Waals surface area (Å²) >= 11 is 0. The molecular weight excluding hydrogens is 226 g/mol. The third kappa shape index (κ3) is 2.72. The lowest BCUT2D eigenvalue weighted by Crippen LogP contribution is -2.49. The van der Waals surface area contributed by atoms with E-state index in [-0.39, 0.29) is 0 Å². The Bertz CT molecular complexity index is 429. The van der Waals surface area contributed by atoms with Crippen LogP contribution < -0.4 is 16.0 Å². The maximum Gasteiger partial charge on any atom is 0.222 e. The number of anilines is 2. The van der Waals surface area contributed by atoms with Gasteiger partial charge < -0.3 is 16.0 Å². The Morgan fingerprint density at radius 1 is 1.44 bits per heavy atom. The van der Waals surface area contributed by atoms with E-state index in [0.29, 0.717) is 12.0 Å². The lowest BCUT2D eigenvalue weighted by Gasteiger charge is -2.32. The summed E-state index contributed by atoms with van der Waals surface area (Å²) in [7, 11) is 0. The molecule has 2 heterocycles. The van der Waals surface area contributed by atoms with E-state index in [9.17, 15) is 0 Å². The summed E-state index contributed by atoms with van der Waals surface area (Å²) in [6.45, 7) is 5.17. The number of hydrogen-bond acceptors (Lipinski definition) is 5. The lowest BCUT2D eigenvalue weighted by molar-refractivity contribution is 0.482. The first-order valence-corrected chi connectivity index (χ1v) is 6.82. The first kappa shape index (κ1) is 11.7. The van der Waals surface area contributed by atoms with Gasteiger partial charge in [-0.15, -0.1) is 0 Å². The fraction of sp³-hybridized carbons (Fsp3) is 0.692. The highest BCUT2D eigenvalue weighted by Crippen LogP contribution is 2.32. The van der Waals surface area contributed by atoms with Gasteiger partial charge in [0.1, 0.15) is 5.82 Å². The third-order valence-corrected chi connectivity index (χ3v) is 3.67. The average molecular weight is 247 g/mol. The summed E-state index contributed by atoms with van der Waals surface area (Å²) in [4.78, 5) is 11.0. The molecule has 1 aliphatic heterocycles. The molecule has 3 rings (SSSR count). The zero-order valence-electron chi connectivity index (χ0n) is 10.9. The van der Waals surface area contributed by atoms with Crippen molar-refractivity contribution in [2.75, 3.05) is 30.3 Å². The van der Waals surface area contributed by atoms with E-state index in [2.05, 4.69) is 33.2 Å². The highest BCUT2D eigenvalue weighted by atomic mass is 15.3. The Morgan fingerprint density at radius 2 is 2.28 bits per heavy atom. The number of nitrogens with zero attached hydrogens (tertiary/aromatic N) is 3. The van der Waals surface area contributed by atoms with Crippen LogP contribution in [0.4, 0.5) is 11.8 Å². The van der Waals surface area contributed by atoms with Crippen LogP contribution in [-0.2, 0) is 6.42 Å². The molecule has 0 radical (unpaired) electrons. The highest BCUT2D eigenvalue weighted by molar-refractivity contribution is 5.44. The number of rotatable bonds is 3. The summed E-state index contributed by atoms with van der Waals surface area (Å²) in [6, 6.07) is 2.62. The third-order valence-electron chi connectivity index (χ3n) is 3.67. The van der Waals surface area contributed by atoms with E-state index in [1.165, 1.54) is 12.8 Å². The SMILES string of the molecule is C[C@@H]1CN(c2cc(CC3CC3)nc(N)n2)CCN1. The molecule has 2 aliphatic rings. The van der Waals surface area contributed by atoms with Gasteiger partial charge in [0.25, 0.3) is 0 Å². The molecule has 1 atom stereocenters. The second kappa shape index (κ2) is 4.72. The summed E-state index contributed by atoms with van der Waals surface area (Å²) < 4.78 is 0. The molecular formula is C13H21N5. The Balaban J connectivity index is 1.78. The molecule has 5 nitrogen and oxygen atoms in total. The second-order valence-corrected chi connectivity index (χ2v) is 5.52. The molecule has 18 heavy (non-hydrogen) atoms. The highest BCUT2D eigenvalue weighted by Gasteiger charge is 2.23. The van der Waals surface area contributed by atoms with Gasteiger partial charge in [-0.1, -0.05) is 0 Å². The van der Waals surface area contributed by atoms with Gasteiger partial charge in [-0.3, -0.25) is 0 Å². The molecule has 1 aliphatic carbocycles. The molecule has 98 valence electrons. The van der Waals surface area contributed by atoms with Crippen LogP contribution in [0.5, 0.6) is 0 Å². The molecule has 0 bridgehead atoms. The first-order chi connectivity index (χ1) is 8.70. The largest absolute Gasteiger partial charge is 0.368 e. The number of aromatic nitrogens is 2. The Hall–Kier alpha value is -1.36. The quantitative estimate of drug-likeness (QED) is 0.827. The Labute approximate surface area is 108 Å². The van der Waals surface area contributed by atoms with E-state index in [1.807, 2.05) is 0 Å². The van der Waals surface area contributed by atoms with Crippen molar-refractivity contribution >= 4 is 11.8 Å². The molecule has 0 aromatic carbocycles. The van der Waals surface area contributed by atoms with Crippen LogP contribution in [0.15, 0.2) is 6.07 Å². The molecule has 1 saturated carbocycles. The predicted molar refractivity (Wildman–Crippen MR) is 72.6 cm³/mol. The average Bonchev–Trinajstić information content (AvgIpc) is 3.12. The number of nitrogens with two attached hydrogens (primary N) is 1. The van der Waals surface area contributed by atoms with Gasteiger partial charge in [0.05, 0.1) is 0 Å². The van der Waals surface area contributed by atoms with Gasteiger partial charge in [0.15, 0.2) is 0 Å². The van der Waals surface area contributed by atoms with Crippen molar-refractivity contribution in [1.82, 2.24) is 15.3 Å². The fourth-order valence-corrected chi connectivity index (χ4v) is 2.53. The minimum Gasteiger partial charge on any atom is -0.368 e. The fourth-order valence-electron chi connectivity index (χ4n) is 2.53. The van der Waals surface area contributed by atoms with Crippen LogP contribution in [0.2, 0.25) is 0 Å². The minimum atomic E-state index is 0.411. The number of nitrogens with one attached hydrogen (secondary N) is 1. The van der Waals surface area contributed by atoms with Gasteiger partial charge in [0.2, 0.25) is 5.95 Å². The van der Waals surface area contributed by atoms with Crippen LogP contribution in [0.25, 0.3) is 0 Å². The zero-order chi connectivity index (χ0) is 12.5. The van der Waals surface area contributed by atoms with E-state index in [0.717, 1.165) is 43.5 Å². The monoisotopic (exact) mass is 247 g/mol. The van der Waals surface area contributed by atoms with Crippen molar-refractivity contribution in [2.24, 2.45) is 5.92 Å². The molecule has 1 aromatic heterocycles. The lowest BCUT2D eigenvalue weighted by atomic mass is 10.2. The van der Waals surface area contributed by atoms with Crippen LogP contribution in [0.1, 0.15) is 25.5 Å². The van der Waals surface area contributed by atoms with Crippen molar-refractivity contribution in [3.05, 3.63) is 11.8 Å². The van der Waals surface area contributed by atoms with Crippen molar-refractivity contribution in [1.29, 1.82) is 0 Å². The maximum atomic E-state index is 5.83. The van der Waals surface area contributed by atoms with E-state index >= 15 is 0 Å². The van der Waals surface area contributed by atoms with E-state index in [4.69, 9.17) is 5.73 Å². The maximum absolute atomic E-state index is 5.83.